The number of hydrogen-bond donors (Lipinski definition) is 3. The molecule has 0 unspecified atom stereocenters. The van der Waals surface area contributed by atoms with Crippen LogP contribution >= 0.6 is 7.94 Å². The molecule has 0 saturated carbocycles. The van der Waals surface area contributed by atoms with Crippen molar-refractivity contribution in [3.05, 3.63) is 29.8 Å². The largest absolute Gasteiger partial charge is 0.441 e. The molecular weight excluding hydrogens is 187 g/mol. The Balaban J connectivity index is 3.20. The van der Waals surface area contributed by atoms with Crippen molar-refractivity contribution in [3.63, 3.8) is 0 Å². The molecule has 1 rings (SSSR count). The predicted molar refractivity (Wildman–Crippen MR) is 53.7 cm³/mol. The van der Waals surface area contributed by atoms with Gasteiger partial charge in [0.05, 0.1) is 0 Å². The maximum absolute atomic E-state index is 9.14. The van der Waals surface area contributed by atoms with Crippen LogP contribution in [0.2, 0.25) is 0 Å². The summed E-state index contributed by atoms with van der Waals surface area (Å²) in [5.41, 5.74) is 0.781. The fourth-order valence-corrected chi connectivity index (χ4v) is 2.21. The van der Waals surface area contributed by atoms with Crippen LogP contribution in [0.4, 0.5) is 0 Å². The predicted octanol–water partition coefficient (Wildman–Crippen LogP) is 1.17. The van der Waals surface area contributed by atoms with Crippen molar-refractivity contribution in [2.75, 3.05) is 0 Å². The first-order valence-corrected chi connectivity index (χ1v) is 5.74. The van der Waals surface area contributed by atoms with E-state index in [1.807, 2.05) is 19.9 Å². The van der Waals surface area contributed by atoms with E-state index in [1.165, 1.54) is 0 Å². The SMILES string of the molecule is CC(C)c1ccccc1[P+](O)(O)O. The molecule has 0 heterocycles. The van der Waals surface area contributed by atoms with Crippen LogP contribution < -0.4 is 5.30 Å². The van der Waals surface area contributed by atoms with Crippen LogP contribution in [-0.2, 0) is 0 Å². The summed E-state index contributed by atoms with van der Waals surface area (Å²) < 4.78 is 0. The normalized spacial score (nSPS) is 12.2. The minimum absolute atomic E-state index is 0.169. The Morgan fingerprint density at radius 2 is 1.62 bits per heavy atom. The van der Waals surface area contributed by atoms with Crippen molar-refractivity contribution in [1.82, 2.24) is 0 Å². The Morgan fingerprint density at radius 1 is 1.08 bits per heavy atom. The van der Waals surface area contributed by atoms with Crippen LogP contribution in [0.5, 0.6) is 0 Å². The lowest BCUT2D eigenvalue weighted by Gasteiger charge is -2.11. The third kappa shape index (κ3) is 2.48. The van der Waals surface area contributed by atoms with Crippen LogP contribution in [0.3, 0.4) is 0 Å². The Kier molecular flexibility index (Phi) is 3.04. The molecule has 0 amide bonds. The van der Waals surface area contributed by atoms with Crippen LogP contribution in [0.1, 0.15) is 25.3 Å². The van der Waals surface area contributed by atoms with Gasteiger partial charge < -0.3 is 0 Å². The van der Waals surface area contributed by atoms with Crippen molar-refractivity contribution in [1.29, 1.82) is 0 Å². The second-order valence-corrected chi connectivity index (χ2v) is 4.90. The monoisotopic (exact) mass is 201 g/mol. The highest BCUT2D eigenvalue weighted by Crippen LogP contribution is 2.44. The van der Waals surface area contributed by atoms with Gasteiger partial charge in [0.2, 0.25) is 0 Å². The molecule has 1 aromatic rings. The molecular formula is C9H14O3P+. The van der Waals surface area contributed by atoms with E-state index in [2.05, 4.69) is 0 Å². The molecule has 72 valence electrons. The van der Waals surface area contributed by atoms with Gasteiger partial charge in [-0.2, -0.15) is 14.7 Å². The first kappa shape index (κ1) is 10.6. The van der Waals surface area contributed by atoms with Crippen LogP contribution in [-0.4, -0.2) is 14.7 Å². The van der Waals surface area contributed by atoms with E-state index >= 15 is 0 Å². The fraction of sp³-hybridized carbons (Fsp3) is 0.333. The first-order valence-electron chi connectivity index (χ1n) is 4.09. The highest BCUT2D eigenvalue weighted by molar-refractivity contribution is 7.66. The summed E-state index contributed by atoms with van der Waals surface area (Å²) in [6.07, 6.45) is 0. The maximum atomic E-state index is 9.14. The summed E-state index contributed by atoms with van der Waals surface area (Å²) >= 11 is 0. The van der Waals surface area contributed by atoms with E-state index in [1.54, 1.807) is 18.2 Å². The zero-order valence-electron chi connectivity index (χ0n) is 7.68. The second-order valence-electron chi connectivity index (χ2n) is 3.28. The van der Waals surface area contributed by atoms with Gasteiger partial charge in [0, 0.05) is 5.56 Å². The van der Waals surface area contributed by atoms with Gasteiger partial charge in [-0.3, -0.25) is 0 Å². The molecule has 0 aliphatic rings. The van der Waals surface area contributed by atoms with E-state index in [9.17, 15) is 0 Å². The molecule has 0 bridgehead atoms. The molecule has 3 N–H and O–H groups in total. The summed E-state index contributed by atoms with van der Waals surface area (Å²) in [6.45, 7) is 3.88. The van der Waals surface area contributed by atoms with Crippen LogP contribution in [0.25, 0.3) is 0 Å². The van der Waals surface area contributed by atoms with Gasteiger partial charge in [-0.1, -0.05) is 32.0 Å². The molecule has 3 nitrogen and oxygen atoms in total. The molecule has 13 heavy (non-hydrogen) atoms. The van der Waals surface area contributed by atoms with Gasteiger partial charge in [-0.05, 0) is 12.0 Å². The third-order valence-corrected chi connectivity index (χ3v) is 2.94. The molecule has 0 aliphatic heterocycles. The topological polar surface area (TPSA) is 60.7 Å². The van der Waals surface area contributed by atoms with Crippen LogP contribution in [0.15, 0.2) is 24.3 Å². The number of benzene rings is 1. The molecule has 0 aromatic heterocycles. The highest BCUT2D eigenvalue weighted by atomic mass is 31.2. The van der Waals surface area contributed by atoms with E-state index in [0.717, 1.165) is 5.56 Å². The lowest BCUT2D eigenvalue weighted by Crippen LogP contribution is -2.15. The standard InChI is InChI=1S/C9H14O3P/c1-7(2)8-5-3-4-6-9(8)13(10,11)12/h3-7,10-12H,1-2H3/q+1. The van der Waals surface area contributed by atoms with Gasteiger partial charge in [0.15, 0.2) is 5.30 Å². The van der Waals surface area contributed by atoms with E-state index in [4.69, 9.17) is 14.7 Å². The molecule has 0 spiro atoms. The maximum Gasteiger partial charge on any atom is 0.441 e. The van der Waals surface area contributed by atoms with Gasteiger partial charge in [0.25, 0.3) is 0 Å². The lowest BCUT2D eigenvalue weighted by atomic mass is 10.0. The molecule has 0 saturated heterocycles. The minimum Gasteiger partial charge on any atom is -0.189 e. The molecule has 0 radical (unpaired) electrons. The van der Waals surface area contributed by atoms with Gasteiger partial charge in [-0.25, -0.2) is 0 Å². The summed E-state index contributed by atoms with van der Waals surface area (Å²) in [6, 6.07) is 6.83. The third-order valence-electron chi connectivity index (χ3n) is 1.88. The van der Waals surface area contributed by atoms with Crippen molar-refractivity contribution in [3.8, 4) is 0 Å². The zero-order valence-corrected chi connectivity index (χ0v) is 8.57. The van der Waals surface area contributed by atoms with Gasteiger partial charge >= 0.3 is 7.94 Å². The van der Waals surface area contributed by atoms with E-state index in [0.29, 0.717) is 0 Å². The Labute approximate surface area is 78.3 Å². The van der Waals surface area contributed by atoms with Crippen molar-refractivity contribution >= 4 is 13.2 Å². The Bertz CT molecular complexity index is 291. The van der Waals surface area contributed by atoms with Gasteiger partial charge in [0.1, 0.15) is 0 Å². The number of hydrogen-bond acceptors (Lipinski definition) is 3. The second kappa shape index (κ2) is 3.72. The molecule has 0 atom stereocenters. The van der Waals surface area contributed by atoms with Crippen molar-refractivity contribution in [2.24, 2.45) is 0 Å². The first-order chi connectivity index (χ1) is 5.93. The average molecular weight is 201 g/mol. The fourth-order valence-electron chi connectivity index (χ4n) is 1.25. The Morgan fingerprint density at radius 3 is 2.00 bits per heavy atom. The summed E-state index contributed by atoms with van der Waals surface area (Å²) in [7, 11) is -3.86. The molecule has 1 aromatic carbocycles. The smallest absolute Gasteiger partial charge is 0.189 e. The van der Waals surface area contributed by atoms with E-state index in [-0.39, 0.29) is 11.2 Å². The summed E-state index contributed by atoms with van der Waals surface area (Å²) in [5, 5.41) is 0.255. The highest BCUT2D eigenvalue weighted by Gasteiger charge is 2.36. The molecule has 4 heteroatoms. The molecule has 0 fully saturated rings. The summed E-state index contributed by atoms with van der Waals surface area (Å²) in [5.74, 6) is 0.169. The minimum atomic E-state index is -3.86. The van der Waals surface area contributed by atoms with Gasteiger partial charge in [-0.15, -0.1) is 0 Å². The lowest BCUT2D eigenvalue weighted by molar-refractivity contribution is 0.346. The van der Waals surface area contributed by atoms with Crippen molar-refractivity contribution in [2.45, 2.75) is 19.8 Å². The molecule has 0 aliphatic carbocycles. The average Bonchev–Trinajstić information content (AvgIpc) is 2.03. The van der Waals surface area contributed by atoms with E-state index < -0.39 is 7.94 Å². The number of rotatable bonds is 2. The quantitative estimate of drug-likeness (QED) is 0.629. The Hall–Kier alpha value is -0.470. The van der Waals surface area contributed by atoms with Crippen molar-refractivity contribution < 1.29 is 14.7 Å². The van der Waals surface area contributed by atoms with Crippen LogP contribution in [0, 0.1) is 0 Å². The zero-order chi connectivity index (χ0) is 10.1. The summed E-state index contributed by atoms with van der Waals surface area (Å²) in [4.78, 5) is 27.4.